The monoisotopic (exact) mass is 454 g/mol. The van der Waals surface area contributed by atoms with Crippen LogP contribution in [0.1, 0.15) is 35.0 Å². The minimum absolute atomic E-state index is 0.0524. The van der Waals surface area contributed by atoms with Crippen LogP contribution in [0.3, 0.4) is 0 Å². The predicted octanol–water partition coefficient (Wildman–Crippen LogP) is 4.44. The third kappa shape index (κ3) is 4.64. The summed E-state index contributed by atoms with van der Waals surface area (Å²) in [6, 6.07) is 23.0. The maximum Gasteiger partial charge on any atom is 0.251 e. The van der Waals surface area contributed by atoms with E-state index in [-0.39, 0.29) is 17.9 Å². The molecule has 0 saturated carbocycles. The predicted molar refractivity (Wildman–Crippen MR) is 129 cm³/mol. The van der Waals surface area contributed by atoms with Crippen LogP contribution in [0.15, 0.2) is 83.5 Å². The number of amides is 2. The van der Waals surface area contributed by atoms with Crippen molar-refractivity contribution in [3.05, 3.63) is 95.9 Å². The quantitative estimate of drug-likeness (QED) is 0.448. The van der Waals surface area contributed by atoms with Gasteiger partial charge in [0.05, 0.1) is 25.0 Å². The number of benzene rings is 2. The molecule has 1 atom stereocenters. The largest absolute Gasteiger partial charge is 0.469 e. The van der Waals surface area contributed by atoms with Gasteiger partial charge >= 0.3 is 0 Å². The molecule has 4 aromatic rings. The Bertz CT molecular complexity index is 1280. The number of furan rings is 1. The van der Waals surface area contributed by atoms with Crippen molar-refractivity contribution in [2.24, 2.45) is 0 Å². The Kier molecular flexibility index (Phi) is 5.99. The number of rotatable bonds is 7. The van der Waals surface area contributed by atoms with E-state index in [0.717, 1.165) is 28.4 Å². The molecule has 7 heteroatoms. The molecule has 7 nitrogen and oxygen atoms in total. The smallest absolute Gasteiger partial charge is 0.251 e. The fourth-order valence-electron chi connectivity index (χ4n) is 4.20. The first-order chi connectivity index (χ1) is 16.6. The van der Waals surface area contributed by atoms with Gasteiger partial charge in [-0.3, -0.25) is 14.5 Å². The second kappa shape index (κ2) is 9.39. The first-order valence-corrected chi connectivity index (χ1v) is 11.4. The van der Waals surface area contributed by atoms with Crippen LogP contribution < -0.4 is 10.2 Å². The Hall–Kier alpha value is -4.13. The zero-order valence-electron chi connectivity index (χ0n) is 19.0. The first kappa shape index (κ1) is 21.7. The van der Waals surface area contributed by atoms with E-state index >= 15 is 0 Å². The maximum atomic E-state index is 12.7. The molecule has 34 heavy (non-hydrogen) atoms. The Balaban J connectivity index is 1.27. The van der Waals surface area contributed by atoms with Crippen molar-refractivity contribution >= 4 is 17.6 Å². The average molecular weight is 455 g/mol. The SMILES string of the molecule is C[C@H](Cc1ccco1)NC(=O)c1ccc(CN2C(=O)CCn3nc(-c4ccccc4)cc32)cc1. The van der Waals surface area contributed by atoms with Crippen molar-refractivity contribution in [1.29, 1.82) is 0 Å². The Labute approximate surface area is 198 Å². The van der Waals surface area contributed by atoms with Crippen LogP contribution in [-0.2, 0) is 24.3 Å². The summed E-state index contributed by atoms with van der Waals surface area (Å²) in [5, 5.41) is 7.70. The van der Waals surface area contributed by atoms with Crippen LogP contribution in [0, 0.1) is 0 Å². The van der Waals surface area contributed by atoms with Crippen molar-refractivity contribution in [3.63, 3.8) is 0 Å². The fraction of sp³-hybridized carbons (Fsp3) is 0.222. The van der Waals surface area contributed by atoms with Crippen molar-refractivity contribution in [1.82, 2.24) is 15.1 Å². The Morgan fingerprint density at radius 1 is 1.09 bits per heavy atom. The molecule has 5 rings (SSSR count). The number of carbonyl (C=O) groups is 2. The lowest BCUT2D eigenvalue weighted by Gasteiger charge is -2.27. The lowest BCUT2D eigenvalue weighted by molar-refractivity contribution is -0.119. The molecule has 1 aliphatic rings. The van der Waals surface area contributed by atoms with E-state index in [0.29, 0.717) is 31.5 Å². The normalized spacial score (nSPS) is 14.0. The van der Waals surface area contributed by atoms with Gasteiger partial charge in [-0.1, -0.05) is 42.5 Å². The number of anilines is 1. The van der Waals surface area contributed by atoms with Gasteiger partial charge in [0.25, 0.3) is 5.91 Å². The molecular formula is C27H26N4O3. The molecule has 1 N–H and O–H groups in total. The lowest BCUT2D eigenvalue weighted by atomic mass is 10.1. The fourth-order valence-corrected chi connectivity index (χ4v) is 4.20. The number of carbonyl (C=O) groups excluding carboxylic acids is 2. The summed E-state index contributed by atoms with van der Waals surface area (Å²) >= 11 is 0. The van der Waals surface area contributed by atoms with E-state index in [9.17, 15) is 9.59 Å². The molecule has 0 unspecified atom stereocenters. The van der Waals surface area contributed by atoms with Gasteiger partial charge in [0.1, 0.15) is 11.6 Å². The van der Waals surface area contributed by atoms with Gasteiger partial charge in [-0.05, 0) is 36.8 Å². The lowest BCUT2D eigenvalue weighted by Crippen LogP contribution is -2.37. The molecule has 0 fully saturated rings. The second-order valence-electron chi connectivity index (χ2n) is 8.56. The van der Waals surface area contributed by atoms with Gasteiger partial charge in [-0.15, -0.1) is 0 Å². The third-order valence-corrected chi connectivity index (χ3v) is 5.97. The Morgan fingerprint density at radius 3 is 2.62 bits per heavy atom. The summed E-state index contributed by atoms with van der Waals surface area (Å²) < 4.78 is 7.24. The molecule has 172 valence electrons. The molecule has 0 bridgehead atoms. The van der Waals surface area contributed by atoms with E-state index in [1.54, 1.807) is 23.3 Å². The van der Waals surface area contributed by atoms with Crippen LogP contribution in [-0.4, -0.2) is 27.6 Å². The molecule has 1 aliphatic heterocycles. The summed E-state index contributed by atoms with van der Waals surface area (Å²) in [5.74, 6) is 1.57. The highest BCUT2D eigenvalue weighted by atomic mass is 16.3. The van der Waals surface area contributed by atoms with Crippen LogP contribution in [0.2, 0.25) is 0 Å². The maximum absolute atomic E-state index is 12.7. The van der Waals surface area contributed by atoms with E-state index < -0.39 is 0 Å². The molecule has 0 radical (unpaired) electrons. The van der Waals surface area contributed by atoms with Crippen molar-refractivity contribution in [2.75, 3.05) is 4.90 Å². The average Bonchev–Trinajstić information content (AvgIpc) is 3.52. The highest BCUT2D eigenvalue weighted by Gasteiger charge is 2.26. The number of aryl methyl sites for hydroxylation is 1. The zero-order valence-corrected chi connectivity index (χ0v) is 19.0. The number of hydrogen-bond donors (Lipinski definition) is 1. The number of fused-ring (bicyclic) bond motifs is 1. The van der Waals surface area contributed by atoms with E-state index in [4.69, 9.17) is 9.52 Å². The Morgan fingerprint density at radius 2 is 1.88 bits per heavy atom. The van der Waals surface area contributed by atoms with Gasteiger partial charge in [0.2, 0.25) is 5.91 Å². The van der Waals surface area contributed by atoms with Gasteiger partial charge in [0, 0.05) is 36.1 Å². The van der Waals surface area contributed by atoms with Crippen molar-refractivity contribution < 1.29 is 14.0 Å². The summed E-state index contributed by atoms with van der Waals surface area (Å²) in [7, 11) is 0. The van der Waals surface area contributed by atoms with Crippen LogP contribution in [0.5, 0.6) is 0 Å². The highest BCUT2D eigenvalue weighted by molar-refractivity contribution is 5.95. The van der Waals surface area contributed by atoms with Crippen LogP contribution in [0.4, 0.5) is 5.82 Å². The van der Waals surface area contributed by atoms with E-state index in [1.807, 2.05) is 72.3 Å². The summed E-state index contributed by atoms with van der Waals surface area (Å²) in [5.41, 5.74) is 3.40. The van der Waals surface area contributed by atoms with Gasteiger partial charge in [0.15, 0.2) is 0 Å². The number of aromatic nitrogens is 2. The van der Waals surface area contributed by atoms with Gasteiger partial charge in [-0.25, -0.2) is 4.68 Å². The molecule has 2 amide bonds. The van der Waals surface area contributed by atoms with E-state index in [2.05, 4.69) is 5.32 Å². The van der Waals surface area contributed by atoms with Crippen LogP contribution >= 0.6 is 0 Å². The van der Waals surface area contributed by atoms with E-state index in [1.165, 1.54) is 0 Å². The highest BCUT2D eigenvalue weighted by Crippen LogP contribution is 2.29. The first-order valence-electron chi connectivity index (χ1n) is 11.4. The molecule has 2 aromatic carbocycles. The van der Waals surface area contributed by atoms with Crippen molar-refractivity contribution in [2.45, 2.75) is 38.9 Å². The summed E-state index contributed by atoms with van der Waals surface area (Å²) in [6.07, 6.45) is 2.68. The molecule has 0 spiro atoms. The minimum Gasteiger partial charge on any atom is -0.469 e. The zero-order chi connectivity index (χ0) is 23.5. The number of nitrogens with one attached hydrogen (secondary N) is 1. The van der Waals surface area contributed by atoms with Crippen molar-refractivity contribution in [3.8, 4) is 11.3 Å². The standard InChI is InChI=1S/C27H26N4O3/c1-19(16-23-8-5-15-34-23)28-27(33)22-11-9-20(10-12-22)18-30-25-17-24(21-6-3-2-4-7-21)29-31(25)14-13-26(30)32/h2-12,15,17,19H,13-14,16,18H2,1H3,(H,28,33)/t19-/m1/s1. The molecule has 0 aliphatic carbocycles. The molecular weight excluding hydrogens is 428 g/mol. The summed E-state index contributed by atoms with van der Waals surface area (Å²) in [4.78, 5) is 27.1. The second-order valence-corrected chi connectivity index (χ2v) is 8.56. The molecule has 2 aromatic heterocycles. The summed E-state index contributed by atoms with van der Waals surface area (Å²) in [6.45, 7) is 2.95. The van der Waals surface area contributed by atoms with Gasteiger partial charge in [-0.2, -0.15) is 5.10 Å². The molecule has 0 saturated heterocycles. The topological polar surface area (TPSA) is 80.4 Å². The third-order valence-electron chi connectivity index (χ3n) is 5.97. The number of nitrogens with zero attached hydrogens (tertiary/aromatic N) is 3. The minimum atomic E-state index is -0.134. The number of hydrogen-bond acceptors (Lipinski definition) is 4. The molecule has 3 heterocycles. The van der Waals surface area contributed by atoms with Crippen LogP contribution in [0.25, 0.3) is 11.3 Å². The van der Waals surface area contributed by atoms with Gasteiger partial charge < -0.3 is 9.73 Å².